The van der Waals surface area contributed by atoms with Gasteiger partial charge < -0.3 is 4.90 Å². The number of fused-ring (bicyclic) bond motifs is 1. The van der Waals surface area contributed by atoms with Crippen molar-refractivity contribution in [1.29, 1.82) is 0 Å². The van der Waals surface area contributed by atoms with Crippen LogP contribution in [0.2, 0.25) is 5.02 Å². The first kappa shape index (κ1) is 22.8. The predicted octanol–water partition coefficient (Wildman–Crippen LogP) is 5.82. The molecule has 0 bridgehead atoms. The average Bonchev–Trinajstić information content (AvgIpc) is 3.33. The molecule has 0 atom stereocenters. The number of halogens is 2. The third-order valence-corrected chi connectivity index (χ3v) is 6.51. The number of thiophene rings is 1. The van der Waals surface area contributed by atoms with Crippen molar-refractivity contribution < 1.29 is 4.79 Å². The van der Waals surface area contributed by atoms with Gasteiger partial charge in [0.05, 0.1) is 9.72 Å². The number of anilines is 1. The Morgan fingerprint density at radius 2 is 1.96 bits per heavy atom. The number of nitrogens with zero attached hydrogens (tertiary/aromatic N) is 3. The first-order chi connectivity index (χ1) is 13.1. The van der Waals surface area contributed by atoms with Crippen molar-refractivity contribution in [1.82, 2.24) is 9.88 Å². The van der Waals surface area contributed by atoms with Crippen molar-refractivity contribution in [3.05, 3.63) is 51.7 Å². The molecule has 0 unspecified atom stereocenters. The van der Waals surface area contributed by atoms with Gasteiger partial charge in [-0.3, -0.25) is 9.69 Å². The van der Waals surface area contributed by atoms with E-state index in [0.29, 0.717) is 16.7 Å². The lowest BCUT2D eigenvalue weighted by Crippen LogP contribution is -2.38. The fourth-order valence-electron chi connectivity index (χ4n) is 2.73. The van der Waals surface area contributed by atoms with E-state index in [4.69, 9.17) is 11.6 Å². The van der Waals surface area contributed by atoms with Gasteiger partial charge in [0.1, 0.15) is 5.52 Å². The van der Waals surface area contributed by atoms with Crippen LogP contribution >= 0.6 is 46.7 Å². The van der Waals surface area contributed by atoms with Crippen molar-refractivity contribution in [2.24, 2.45) is 0 Å². The second-order valence-electron chi connectivity index (χ2n) is 5.95. The normalized spacial score (nSPS) is 11.3. The molecule has 4 nitrogen and oxygen atoms in total. The molecule has 0 fully saturated rings. The number of rotatable bonds is 8. The number of para-hydroxylation sites is 1. The molecule has 28 heavy (non-hydrogen) atoms. The standard InChI is InChI=1S/C20H22ClN3OS2.ClH/c1-3-23(4-2)12-13-24(18(25)11-10-15-7-6-14-26-15)20-22-19-16(21)8-5-9-17(19)27-20;/h5-11,14H,3-4,12-13H2,1-2H3;1H. The quantitative estimate of drug-likeness (QED) is 0.401. The van der Waals surface area contributed by atoms with Crippen LogP contribution < -0.4 is 4.90 Å². The summed E-state index contributed by atoms with van der Waals surface area (Å²) in [5.74, 6) is -0.0641. The number of aromatic nitrogens is 1. The Hall–Kier alpha value is -1.44. The van der Waals surface area contributed by atoms with Crippen LogP contribution in [0.3, 0.4) is 0 Å². The molecule has 0 radical (unpaired) electrons. The number of hydrogen-bond acceptors (Lipinski definition) is 5. The highest BCUT2D eigenvalue weighted by molar-refractivity contribution is 7.22. The molecule has 150 valence electrons. The maximum absolute atomic E-state index is 12.9. The molecule has 0 saturated heterocycles. The van der Waals surface area contributed by atoms with E-state index in [9.17, 15) is 4.79 Å². The van der Waals surface area contributed by atoms with Crippen LogP contribution in [0, 0.1) is 0 Å². The smallest absolute Gasteiger partial charge is 0.252 e. The summed E-state index contributed by atoms with van der Waals surface area (Å²) in [6.45, 7) is 7.56. The van der Waals surface area contributed by atoms with E-state index in [1.54, 1.807) is 22.3 Å². The summed E-state index contributed by atoms with van der Waals surface area (Å²) in [7, 11) is 0. The number of benzene rings is 1. The van der Waals surface area contributed by atoms with E-state index in [-0.39, 0.29) is 18.3 Å². The van der Waals surface area contributed by atoms with Gasteiger partial charge in [0.2, 0.25) is 0 Å². The van der Waals surface area contributed by atoms with Gasteiger partial charge >= 0.3 is 0 Å². The molecular weight excluding hydrogens is 433 g/mol. The zero-order chi connectivity index (χ0) is 19.2. The Labute approximate surface area is 184 Å². The fraction of sp³-hybridized carbons (Fsp3) is 0.300. The molecule has 1 amide bonds. The second-order valence-corrected chi connectivity index (χ2v) is 8.34. The molecule has 2 heterocycles. The maximum Gasteiger partial charge on any atom is 0.252 e. The molecule has 3 rings (SSSR count). The lowest BCUT2D eigenvalue weighted by molar-refractivity contribution is -0.114. The number of likely N-dealkylation sites (N-methyl/N-ethyl adjacent to an activating group) is 1. The van der Waals surface area contributed by atoms with Crippen LogP contribution in [0.15, 0.2) is 41.8 Å². The summed E-state index contributed by atoms with van der Waals surface area (Å²) in [5.41, 5.74) is 0.752. The van der Waals surface area contributed by atoms with Gasteiger partial charge in [-0.2, -0.15) is 0 Å². The minimum Gasteiger partial charge on any atom is -0.302 e. The molecule has 0 saturated carbocycles. The lowest BCUT2D eigenvalue weighted by atomic mass is 10.3. The highest BCUT2D eigenvalue weighted by atomic mass is 35.5. The maximum atomic E-state index is 12.9. The molecule has 0 aliphatic rings. The fourth-order valence-corrected chi connectivity index (χ4v) is 4.64. The van der Waals surface area contributed by atoms with Crippen molar-refractivity contribution in [3.63, 3.8) is 0 Å². The van der Waals surface area contributed by atoms with Crippen LogP contribution in [0.4, 0.5) is 5.13 Å². The van der Waals surface area contributed by atoms with Gasteiger partial charge in [0, 0.05) is 24.0 Å². The first-order valence-electron chi connectivity index (χ1n) is 8.92. The van der Waals surface area contributed by atoms with E-state index >= 15 is 0 Å². The van der Waals surface area contributed by atoms with E-state index < -0.39 is 0 Å². The molecule has 3 aromatic rings. The molecule has 0 N–H and O–H groups in total. The Balaban J connectivity index is 0.00000280. The van der Waals surface area contributed by atoms with Crippen LogP contribution in [0.25, 0.3) is 16.3 Å². The Bertz CT molecular complexity index is 921. The average molecular weight is 456 g/mol. The minimum absolute atomic E-state index is 0. The summed E-state index contributed by atoms with van der Waals surface area (Å²) in [4.78, 5) is 22.7. The SMILES string of the molecule is CCN(CC)CCN(C(=O)C=Cc1cccs1)c1nc2c(Cl)cccc2s1.Cl. The third-order valence-electron chi connectivity index (χ3n) is 4.32. The Morgan fingerprint density at radius 1 is 1.18 bits per heavy atom. The minimum atomic E-state index is -0.0641. The topological polar surface area (TPSA) is 36.4 Å². The van der Waals surface area contributed by atoms with E-state index in [1.807, 2.05) is 41.8 Å². The number of thiazole rings is 1. The highest BCUT2D eigenvalue weighted by Gasteiger charge is 2.19. The number of carbonyl (C=O) groups is 1. The van der Waals surface area contributed by atoms with Gasteiger partial charge in [-0.05, 0) is 42.7 Å². The monoisotopic (exact) mass is 455 g/mol. The lowest BCUT2D eigenvalue weighted by Gasteiger charge is -2.23. The number of amides is 1. The molecule has 2 aromatic heterocycles. The predicted molar refractivity (Wildman–Crippen MR) is 125 cm³/mol. The van der Waals surface area contributed by atoms with Crippen molar-refractivity contribution >= 4 is 74.0 Å². The van der Waals surface area contributed by atoms with Gasteiger partial charge in [-0.15, -0.1) is 23.7 Å². The summed E-state index contributed by atoms with van der Waals surface area (Å²) in [6.07, 6.45) is 3.49. The van der Waals surface area contributed by atoms with Crippen molar-refractivity contribution in [2.45, 2.75) is 13.8 Å². The van der Waals surface area contributed by atoms with Crippen LogP contribution in [-0.4, -0.2) is 42.0 Å². The van der Waals surface area contributed by atoms with E-state index in [2.05, 4.69) is 23.7 Å². The first-order valence-corrected chi connectivity index (χ1v) is 11.0. The van der Waals surface area contributed by atoms with Crippen LogP contribution in [0.5, 0.6) is 0 Å². The van der Waals surface area contributed by atoms with Gasteiger partial charge in [0.25, 0.3) is 5.91 Å². The van der Waals surface area contributed by atoms with Crippen molar-refractivity contribution in [3.8, 4) is 0 Å². The summed E-state index contributed by atoms with van der Waals surface area (Å²) < 4.78 is 0.986. The molecule has 1 aromatic carbocycles. The van der Waals surface area contributed by atoms with E-state index in [1.165, 1.54) is 11.3 Å². The Morgan fingerprint density at radius 3 is 2.61 bits per heavy atom. The van der Waals surface area contributed by atoms with Gasteiger partial charge in [-0.1, -0.05) is 48.9 Å². The largest absolute Gasteiger partial charge is 0.302 e. The van der Waals surface area contributed by atoms with Crippen LogP contribution in [-0.2, 0) is 4.79 Å². The number of hydrogen-bond donors (Lipinski definition) is 0. The summed E-state index contributed by atoms with van der Waals surface area (Å²) >= 11 is 9.38. The second kappa shape index (κ2) is 10.9. The van der Waals surface area contributed by atoms with Gasteiger partial charge in [0.15, 0.2) is 5.13 Å². The van der Waals surface area contributed by atoms with Crippen molar-refractivity contribution in [2.75, 3.05) is 31.1 Å². The van der Waals surface area contributed by atoms with E-state index in [0.717, 1.165) is 34.7 Å². The molecule has 0 aliphatic heterocycles. The van der Waals surface area contributed by atoms with Gasteiger partial charge in [-0.25, -0.2) is 4.98 Å². The Kier molecular flexibility index (Phi) is 8.92. The molecule has 0 spiro atoms. The molecular formula is C20H23Cl2N3OS2. The highest BCUT2D eigenvalue weighted by Crippen LogP contribution is 2.33. The third kappa shape index (κ3) is 5.55. The zero-order valence-corrected chi connectivity index (χ0v) is 19.0. The number of carbonyl (C=O) groups excluding carboxylic acids is 1. The van der Waals surface area contributed by atoms with Crippen LogP contribution in [0.1, 0.15) is 18.7 Å². The zero-order valence-electron chi connectivity index (χ0n) is 15.8. The summed E-state index contributed by atoms with van der Waals surface area (Å²) in [6, 6.07) is 9.68. The molecule has 8 heteroatoms. The summed E-state index contributed by atoms with van der Waals surface area (Å²) in [5, 5.41) is 3.30. The molecule has 0 aliphatic carbocycles.